The van der Waals surface area contributed by atoms with Crippen LogP contribution in [0.2, 0.25) is 5.02 Å². The second-order valence-electron chi connectivity index (χ2n) is 5.09. The van der Waals surface area contributed by atoms with Crippen LogP contribution in [0, 0.1) is 0 Å². The minimum Gasteiger partial charge on any atom is -0.314 e. The molecule has 1 radical (unpaired) electrons. The van der Waals surface area contributed by atoms with Crippen LogP contribution in [0.1, 0.15) is 17.0 Å². The Balaban J connectivity index is 2.01. The normalized spacial score (nSPS) is 20.6. The molecule has 2 aromatic rings. The highest BCUT2D eigenvalue weighted by Crippen LogP contribution is 2.33. The number of benzene rings is 2. The summed E-state index contributed by atoms with van der Waals surface area (Å²) in [5.74, 6) is 0.220. The van der Waals surface area contributed by atoms with Gasteiger partial charge in [0.15, 0.2) is 0 Å². The van der Waals surface area contributed by atoms with Gasteiger partial charge in [0, 0.05) is 36.6 Å². The van der Waals surface area contributed by atoms with Gasteiger partial charge in [0.1, 0.15) is 0 Å². The Kier molecular flexibility index (Phi) is 4.36. The molecular weight excluding hydrogens is 268 g/mol. The number of hydrogen-bond donors (Lipinski definition) is 1. The van der Waals surface area contributed by atoms with Gasteiger partial charge < -0.3 is 5.32 Å². The number of rotatable bonds is 3. The number of hydrogen-bond acceptors (Lipinski definition) is 1. The first-order valence-electron chi connectivity index (χ1n) is 7.03. The molecule has 0 saturated carbocycles. The van der Waals surface area contributed by atoms with E-state index >= 15 is 0 Å². The lowest BCUT2D eigenvalue weighted by atomic mass is 9.84. The maximum absolute atomic E-state index is 6.43. The SMILES string of the molecule is Clc1ccccc1C(c1ccccc1)C1CNCC[N]1. The van der Waals surface area contributed by atoms with Crippen LogP contribution in [-0.4, -0.2) is 25.7 Å². The number of piperazine rings is 1. The number of nitrogens with zero attached hydrogens (tertiary/aromatic N) is 1. The first-order chi connectivity index (χ1) is 9.86. The van der Waals surface area contributed by atoms with Crippen molar-refractivity contribution in [3.63, 3.8) is 0 Å². The molecular formula is C17H18ClN2. The zero-order valence-electron chi connectivity index (χ0n) is 11.3. The summed E-state index contributed by atoms with van der Waals surface area (Å²) < 4.78 is 0. The largest absolute Gasteiger partial charge is 0.314 e. The number of nitrogens with one attached hydrogen (secondary N) is 1. The highest BCUT2D eigenvalue weighted by atomic mass is 35.5. The van der Waals surface area contributed by atoms with E-state index in [0.717, 1.165) is 30.2 Å². The van der Waals surface area contributed by atoms with Gasteiger partial charge in [-0.25, -0.2) is 5.32 Å². The van der Waals surface area contributed by atoms with Crippen molar-refractivity contribution < 1.29 is 0 Å². The van der Waals surface area contributed by atoms with E-state index in [0.29, 0.717) is 0 Å². The Morgan fingerprint density at radius 1 is 1.05 bits per heavy atom. The van der Waals surface area contributed by atoms with Crippen LogP contribution in [0.15, 0.2) is 54.6 Å². The highest BCUT2D eigenvalue weighted by Gasteiger charge is 2.28. The third-order valence-electron chi connectivity index (χ3n) is 3.79. The van der Waals surface area contributed by atoms with Crippen molar-refractivity contribution in [3.8, 4) is 0 Å². The van der Waals surface area contributed by atoms with Crippen molar-refractivity contribution in [2.45, 2.75) is 12.0 Å². The Hall–Kier alpha value is -1.35. The molecule has 0 bridgehead atoms. The molecule has 103 valence electrons. The minimum absolute atomic E-state index is 0.220. The van der Waals surface area contributed by atoms with Gasteiger partial charge in [0.05, 0.1) is 0 Å². The molecule has 2 aromatic carbocycles. The van der Waals surface area contributed by atoms with Gasteiger partial charge >= 0.3 is 0 Å². The van der Waals surface area contributed by atoms with Crippen molar-refractivity contribution in [2.75, 3.05) is 19.6 Å². The fourth-order valence-corrected chi connectivity index (χ4v) is 3.10. The van der Waals surface area contributed by atoms with E-state index in [2.05, 4.69) is 35.6 Å². The summed E-state index contributed by atoms with van der Waals surface area (Å²) in [5.41, 5.74) is 2.44. The van der Waals surface area contributed by atoms with E-state index in [9.17, 15) is 0 Å². The molecule has 0 aromatic heterocycles. The topological polar surface area (TPSA) is 26.1 Å². The van der Waals surface area contributed by atoms with Crippen LogP contribution in [0.4, 0.5) is 0 Å². The Morgan fingerprint density at radius 2 is 1.80 bits per heavy atom. The van der Waals surface area contributed by atoms with Crippen LogP contribution in [-0.2, 0) is 0 Å². The summed E-state index contributed by atoms with van der Waals surface area (Å²) in [7, 11) is 0. The maximum atomic E-state index is 6.43. The third kappa shape index (κ3) is 2.88. The monoisotopic (exact) mass is 285 g/mol. The zero-order valence-corrected chi connectivity index (χ0v) is 12.1. The van der Waals surface area contributed by atoms with Crippen molar-refractivity contribution in [1.82, 2.24) is 10.6 Å². The third-order valence-corrected chi connectivity index (χ3v) is 4.13. The average Bonchev–Trinajstić information content (AvgIpc) is 2.52. The quantitative estimate of drug-likeness (QED) is 0.922. The van der Waals surface area contributed by atoms with Crippen molar-refractivity contribution in [1.29, 1.82) is 0 Å². The lowest BCUT2D eigenvalue weighted by molar-refractivity contribution is 0.381. The Morgan fingerprint density at radius 3 is 2.50 bits per heavy atom. The van der Waals surface area contributed by atoms with E-state index in [1.807, 2.05) is 24.3 Å². The van der Waals surface area contributed by atoms with Gasteiger partial charge in [-0.05, 0) is 17.2 Å². The minimum atomic E-state index is 0.220. The zero-order chi connectivity index (χ0) is 13.8. The lowest BCUT2D eigenvalue weighted by Crippen LogP contribution is -2.47. The van der Waals surface area contributed by atoms with Crippen LogP contribution in [0.5, 0.6) is 0 Å². The summed E-state index contributed by atoms with van der Waals surface area (Å²) in [5, 5.41) is 9.06. The molecule has 1 fully saturated rings. The average molecular weight is 286 g/mol. The van der Waals surface area contributed by atoms with Crippen molar-refractivity contribution in [2.24, 2.45) is 0 Å². The van der Waals surface area contributed by atoms with Gasteiger partial charge in [-0.3, -0.25) is 0 Å². The predicted octanol–water partition coefficient (Wildman–Crippen LogP) is 3.05. The van der Waals surface area contributed by atoms with Crippen LogP contribution in [0.25, 0.3) is 0 Å². The Labute approximate surface area is 125 Å². The second-order valence-corrected chi connectivity index (χ2v) is 5.49. The fourth-order valence-electron chi connectivity index (χ4n) is 2.84. The first-order valence-corrected chi connectivity index (χ1v) is 7.41. The summed E-state index contributed by atoms with van der Waals surface area (Å²) in [4.78, 5) is 0. The summed E-state index contributed by atoms with van der Waals surface area (Å²) >= 11 is 6.43. The second kappa shape index (κ2) is 6.40. The molecule has 1 aliphatic rings. The van der Waals surface area contributed by atoms with E-state index in [4.69, 9.17) is 16.9 Å². The predicted molar refractivity (Wildman–Crippen MR) is 83.4 cm³/mol. The molecule has 0 aliphatic carbocycles. The van der Waals surface area contributed by atoms with E-state index in [1.54, 1.807) is 0 Å². The van der Waals surface area contributed by atoms with E-state index in [1.165, 1.54) is 5.56 Å². The molecule has 0 spiro atoms. The molecule has 1 heterocycles. The van der Waals surface area contributed by atoms with Gasteiger partial charge in [-0.2, -0.15) is 0 Å². The number of halogens is 1. The van der Waals surface area contributed by atoms with E-state index in [-0.39, 0.29) is 12.0 Å². The smallest absolute Gasteiger partial charge is 0.0480 e. The highest BCUT2D eigenvalue weighted by molar-refractivity contribution is 6.31. The van der Waals surface area contributed by atoms with Crippen molar-refractivity contribution in [3.05, 3.63) is 70.7 Å². The maximum Gasteiger partial charge on any atom is 0.0480 e. The lowest BCUT2D eigenvalue weighted by Gasteiger charge is -2.31. The van der Waals surface area contributed by atoms with Gasteiger partial charge in [0.2, 0.25) is 0 Å². The summed E-state index contributed by atoms with van der Waals surface area (Å²) in [6, 6.07) is 18.9. The van der Waals surface area contributed by atoms with Gasteiger partial charge in [0.25, 0.3) is 0 Å². The fraction of sp³-hybridized carbons (Fsp3) is 0.294. The molecule has 1 aliphatic heterocycles. The first kappa shape index (κ1) is 13.6. The molecule has 3 rings (SSSR count). The van der Waals surface area contributed by atoms with Gasteiger partial charge in [-0.1, -0.05) is 60.1 Å². The molecule has 1 N–H and O–H groups in total. The molecule has 2 unspecified atom stereocenters. The summed E-state index contributed by atoms with van der Waals surface area (Å²) in [6.45, 7) is 2.75. The van der Waals surface area contributed by atoms with Crippen LogP contribution in [0.3, 0.4) is 0 Å². The van der Waals surface area contributed by atoms with E-state index < -0.39 is 0 Å². The molecule has 0 amide bonds. The summed E-state index contributed by atoms with van der Waals surface area (Å²) in [6.07, 6.45) is 0. The van der Waals surface area contributed by atoms with Crippen LogP contribution < -0.4 is 10.6 Å². The standard InChI is InChI=1S/C17H18ClN2/c18-15-9-5-4-8-14(15)17(13-6-2-1-3-7-13)16-12-19-10-11-20-16/h1-9,16-17,19H,10-12H2. The van der Waals surface area contributed by atoms with Crippen molar-refractivity contribution >= 4 is 11.6 Å². The van der Waals surface area contributed by atoms with Gasteiger partial charge in [-0.15, -0.1) is 0 Å². The Bertz CT molecular complexity index is 550. The molecule has 20 heavy (non-hydrogen) atoms. The molecule has 1 saturated heterocycles. The molecule has 2 nitrogen and oxygen atoms in total. The van der Waals surface area contributed by atoms with Crippen LogP contribution >= 0.6 is 11.6 Å². The molecule has 3 heteroatoms. The molecule has 2 atom stereocenters.